The molecule has 0 saturated heterocycles. The Morgan fingerprint density at radius 3 is 2.65 bits per heavy atom. The van der Waals surface area contributed by atoms with E-state index in [2.05, 4.69) is 21.2 Å². The zero-order chi connectivity index (χ0) is 13.0. The molecule has 5 heteroatoms. The fourth-order valence-electron chi connectivity index (χ4n) is 1.49. The zero-order valence-corrected chi connectivity index (χ0v) is 12.0. The Morgan fingerprint density at radius 1 is 1.53 bits per heavy atom. The van der Waals surface area contributed by atoms with Gasteiger partial charge in [0.2, 0.25) is 0 Å². The Balaban J connectivity index is 2.65. The normalized spacial score (nSPS) is 12.8. The van der Waals surface area contributed by atoms with Crippen LogP contribution in [0.2, 0.25) is 5.02 Å². The third-order valence-corrected chi connectivity index (χ3v) is 3.66. The molecule has 0 aliphatic heterocycles. The van der Waals surface area contributed by atoms with Crippen molar-refractivity contribution in [2.45, 2.75) is 26.4 Å². The van der Waals surface area contributed by atoms with Crippen LogP contribution in [0.5, 0.6) is 0 Å². The van der Waals surface area contributed by atoms with E-state index in [4.69, 9.17) is 16.7 Å². The summed E-state index contributed by atoms with van der Waals surface area (Å²) in [7, 11) is 0. The average Bonchev–Trinajstić information content (AvgIpc) is 2.22. The van der Waals surface area contributed by atoms with Gasteiger partial charge in [0.1, 0.15) is 6.04 Å². The molecular formula is C12H15BrClNO2. The first-order chi connectivity index (χ1) is 7.91. The number of carbonyl (C=O) groups is 1. The molecule has 1 aromatic carbocycles. The first kappa shape index (κ1) is 14.5. The van der Waals surface area contributed by atoms with Gasteiger partial charge >= 0.3 is 5.97 Å². The average molecular weight is 321 g/mol. The maximum Gasteiger partial charge on any atom is 0.320 e. The van der Waals surface area contributed by atoms with Crippen LogP contribution in [0.4, 0.5) is 0 Å². The van der Waals surface area contributed by atoms with Gasteiger partial charge in [0.05, 0.1) is 5.02 Å². The number of hydrogen-bond donors (Lipinski definition) is 2. The number of carboxylic acids is 1. The second kappa shape index (κ2) is 6.38. The molecule has 0 fully saturated rings. The molecule has 0 radical (unpaired) electrons. The van der Waals surface area contributed by atoms with Gasteiger partial charge in [-0.15, -0.1) is 0 Å². The number of nitrogens with one attached hydrogen (secondary N) is 1. The number of aliphatic carboxylic acids is 1. The van der Waals surface area contributed by atoms with Crippen LogP contribution in [-0.2, 0) is 11.3 Å². The summed E-state index contributed by atoms with van der Waals surface area (Å²) >= 11 is 9.22. The quantitative estimate of drug-likeness (QED) is 0.875. The second-order valence-electron chi connectivity index (χ2n) is 4.19. The number of halogens is 2. The predicted molar refractivity (Wildman–Crippen MR) is 72.3 cm³/mol. The number of benzene rings is 1. The van der Waals surface area contributed by atoms with Crippen molar-refractivity contribution in [3.05, 3.63) is 33.3 Å². The summed E-state index contributed by atoms with van der Waals surface area (Å²) in [5.74, 6) is -0.781. The van der Waals surface area contributed by atoms with Gasteiger partial charge in [-0.05, 0) is 39.5 Å². The summed E-state index contributed by atoms with van der Waals surface area (Å²) in [5.41, 5.74) is 0.994. The van der Waals surface area contributed by atoms with Gasteiger partial charge in [0, 0.05) is 11.0 Å². The van der Waals surface area contributed by atoms with Crippen LogP contribution >= 0.6 is 27.5 Å². The highest BCUT2D eigenvalue weighted by molar-refractivity contribution is 9.10. The van der Waals surface area contributed by atoms with Crippen LogP contribution in [0.15, 0.2) is 22.7 Å². The molecule has 0 amide bonds. The fraction of sp³-hybridized carbons (Fsp3) is 0.417. The molecule has 0 saturated carbocycles. The minimum atomic E-state index is -0.826. The molecule has 1 unspecified atom stereocenters. The molecule has 0 heterocycles. The van der Waals surface area contributed by atoms with Crippen molar-refractivity contribution in [1.29, 1.82) is 0 Å². The summed E-state index contributed by atoms with van der Waals surface area (Å²) in [4.78, 5) is 11.0. The van der Waals surface area contributed by atoms with Crippen molar-refractivity contribution in [2.24, 2.45) is 5.92 Å². The van der Waals surface area contributed by atoms with Crippen LogP contribution in [0.3, 0.4) is 0 Å². The first-order valence-electron chi connectivity index (χ1n) is 5.32. The molecule has 17 heavy (non-hydrogen) atoms. The lowest BCUT2D eigenvalue weighted by molar-refractivity contribution is -0.140. The van der Waals surface area contributed by atoms with Gasteiger partial charge < -0.3 is 10.4 Å². The Hall–Kier alpha value is -0.580. The van der Waals surface area contributed by atoms with Crippen molar-refractivity contribution in [3.8, 4) is 0 Å². The van der Waals surface area contributed by atoms with E-state index in [1.807, 2.05) is 26.0 Å². The molecule has 0 bridgehead atoms. The summed E-state index contributed by atoms with van der Waals surface area (Å²) < 4.78 is 0.815. The van der Waals surface area contributed by atoms with E-state index >= 15 is 0 Å². The molecule has 1 rings (SSSR count). The third-order valence-electron chi connectivity index (χ3n) is 2.44. The molecule has 0 aliphatic rings. The SMILES string of the molecule is CC(C)C(NCc1ccc(Cl)c(Br)c1)C(=O)O. The standard InChI is InChI=1S/C12H15BrClNO2/c1-7(2)11(12(16)17)15-6-8-3-4-10(14)9(13)5-8/h3-5,7,11,15H,6H2,1-2H3,(H,16,17). The molecule has 94 valence electrons. The van der Waals surface area contributed by atoms with E-state index in [-0.39, 0.29) is 5.92 Å². The molecule has 0 spiro atoms. The Bertz CT molecular complexity index is 409. The van der Waals surface area contributed by atoms with Crippen molar-refractivity contribution in [1.82, 2.24) is 5.32 Å². The van der Waals surface area contributed by atoms with E-state index in [0.29, 0.717) is 11.6 Å². The van der Waals surface area contributed by atoms with E-state index in [9.17, 15) is 4.79 Å². The highest BCUT2D eigenvalue weighted by Crippen LogP contribution is 2.23. The lowest BCUT2D eigenvalue weighted by atomic mass is 10.0. The molecule has 1 aromatic rings. The van der Waals surface area contributed by atoms with Crippen LogP contribution in [-0.4, -0.2) is 17.1 Å². The lowest BCUT2D eigenvalue weighted by Gasteiger charge is -2.18. The Morgan fingerprint density at radius 2 is 2.18 bits per heavy atom. The van der Waals surface area contributed by atoms with E-state index in [1.54, 1.807) is 6.07 Å². The topological polar surface area (TPSA) is 49.3 Å². The van der Waals surface area contributed by atoms with Gasteiger partial charge in [-0.25, -0.2) is 0 Å². The Kier molecular flexibility index (Phi) is 5.43. The third kappa shape index (κ3) is 4.30. The van der Waals surface area contributed by atoms with Crippen molar-refractivity contribution >= 4 is 33.5 Å². The maximum atomic E-state index is 11.0. The molecule has 1 atom stereocenters. The Labute approximate surface area is 114 Å². The van der Waals surface area contributed by atoms with Crippen molar-refractivity contribution in [3.63, 3.8) is 0 Å². The predicted octanol–water partition coefficient (Wildman–Crippen LogP) is 3.30. The number of rotatable bonds is 5. The van der Waals surface area contributed by atoms with Gasteiger partial charge in [0.25, 0.3) is 0 Å². The van der Waals surface area contributed by atoms with Gasteiger partial charge in [-0.2, -0.15) is 0 Å². The minimum absolute atomic E-state index is 0.0447. The van der Waals surface area contributed by atoms with E-state index < -0.39 is 12.0 Å². The van der Waals surface area contributed by atoms with Crippen molar-refractivity contribution < 1.29 is 9.90 Å². The largest absolute Gasteiger partial charge is 0.480 e. The van der Waals surface area contributed by atoms with Gasteiger partial charge in [0.15, 0.2) is 0 Å². The fourth-order valence-corrected chi connectivity index (χ4v) is 2.03. The van der Waals surface area contributed by atoms with Gasteiger partial charge in [-0.1, -0.05) is 31.5 Å². The smallest absolute Gasteiger partial charge is 0.320 e. The van der Waals surface area contributed by atoms with Crippen LogP contribution in [0.25, 0.3) is 0 Å². The summed E-state index contributed by atoms with van der Waals surface area (Å²) in [6.45, 7) is 4.26. The van der Waals surface area contributed by atoms with Crippen LogP contribution in [0, 0.1) is 5.92 Å². The highest BCUT2D eigenvalue weighted by Gasteiger charge is 2.20. The molecule has 3 nitrogen and oxygen atoms in total. The molecular weight excluding hydrogens is 305 g/mol. The first-order valence-corrected chi connectivity index (χ1v) is 6.49. The molecule has 0 aromatic heterocycles. The van der Waals surface area contributed by atoms with E-state index in [0.717, 1.165) is 10.0 Å². The van der Waals surface area contributed by atoms with Crippen LogP contribution in [0.1, 0.15) is 19.4 Å². The summed E-state index contributed by atoms with van der Waals surface area (Å²) in [6.07, 6.45) is 0. The minimum Gasteiger partial charge on any atom is -0.480 e. The van der Waals surface area contributed by atoms with E-state index in [1.165, 1.54) is 0 Å². The second-order valence-corrected chi connectivity index (χ2v) is 5.45. The zero-order valence-electron chi connectivity index (χ0n) is 9.71. The lowest BCUT2D eigenvalue weighted by Crippen LogP contribution is -2.40. The summed E-state index contributed by atoms with van der Waals surface area (Å²) in [5, 5.41) is 12.7. The van der Waals surface area contributed by atoms with Gasteiger partial charge in [-0.3, -0.25) is 4.79 Å². The molecule has 0 aliphatic carbocycles. The molecule has 2 N–H and O–H groups in total. The van der Waals surface area contributed by atoms with Crippen molar-refractivity contribution in [2.75, 3.05) is 0 Å². The summed E-state index contributed by atoms with van der Waals surface area (Å²) in [6, 6.07) is 5.01. The number of carboxylic acid groups (broad SMARTS) is 1. The number of hydrogen-bond acceptors (Lipinski definition) is 2. The van der Waals surface area contributed by atoms with Crippen LogP contribution < -0.4 is 5.32 Å². The monoisotopic (exact) mass is 319 g/mol. The highest BCUT2D eigenvalue weighted by atomic mass is 79.9. The maximum absolute atomic E-state index is 11.0.